The molecular formula is C36H48N2O7. The molecule has 0 aromatic heterocycles. The molecule has 0 heterocycles. The quantitative estimate of drug-likeness (QED) is 0.148. The molecule has 3 atom stereocenters. The van der Waals surface area contributed by atoms with Crippen molar-refractivity contribution in [2.45, 2.75) is 111 Å². The number of nitrogens with one attached hydrogen (secondary N) is 2. The second-order valence-corrected chi connectivity index (χ2v) is 11.7. The van der Waals surface area contributed by atoms with Crippen LogP contribution in [0, 0.1) is 5.92 Å². The summed E-state index contributed by atoms with van der Waals surface area (Å²) in [7, 11) is 0. The zero-order chi connectivity index (χ0) is 33.2. The topological polar surface area (TPSA) is 136 Å². The summed E-state index contributed by atoms with van der Waals surface area (Å²) in [4.78, 5) is 75.0. The van der Waals surface area contributed by atoms with Crippen molar-refractivity contribution in [1.82, 2.24) is 10.6 Å². The number of Topliss-reactive ketones (excluding diaryl/α,β-unsaturated/α-hetero) is 3. The SMILES string of the molecule is CCCCC[C@H](NC(=O)[C@@H](CC(=O)[C@@H](C)NC(=O)CCCC(C)=O)Cc1ccccc1)C(=O)Cc1ccc(COC(C)=O)cc1. The number of hydrogen-bond donors (Lipinski definition) is 2. The van der Waals surface area contributed by atoms with Crippen molar-refractivity contribution in [2.24, 2.45) is 5.92 Å². The van der Waals surface area contributed by atoms with E-state index in [4.69, 9.17) is 4.74 Å². The lowest BCUT2D eigenvalue weighted by Gasteiger charge is -2.23. The molecule has 0 spiro atoms. The highest BCUT2D eigenvalue weighted by molar-refractivity contribution is 5.94. The van der Waals surface area contributed by atoms with Gasteiger partial charge < -0.3 is 20.2 Å². The number of unbranched alkanes of at least 4 members (excludes halogenated alkanes) is 2. The van der Waals surface area contributed by atoms with Gasteiger partial charge in [-0.25, -0.2) is 0 Å². The highest BCUT2D eigenvalue weighted by Crippen LogP contribution is 2.17. The van der Waals surface area contributed by atoms with Crippen molar-refractivity contribution in [3.05, 3.63) is 71.3 Å². The lowest BCUT2D eigenvalue weighted by atomic mass is 9.90. The number of rotatable bonds is 21. The number of ether oxygens (including phenoxy) is 1. The Morgan fingerprint density at radius 3 is 2.04 bits per heavy atom. The molecule has 2 amide bonds. The molecule has 0 radical (unpaired) electrons. The maximum Gasteiger partial charge on any atom is 0.302 e. The summed E-state index contributed by atoms with van der Waals surface area (Å²) in [6.45, 7) is 6.63. The van der Waals surface area contributed by atoms with E-state index in [9.17, 15) is 28.8 Å². The monoisotopic (exact) mass is 620 g/mol. The van der Waals surface area contributed by atoms with Gasteiger partial charge in [0, 0.05) is 38.5 Å². The van der Waals surface area contributed by atoms with Crippen LogP contribution in [0.25, 0.3) is 0 Å². The maximum absolute atomic E-state index is 13.7. The number of benzene rings is 2. The first-order valence-corrected chi connectivity index (χ1v) is 15.9. The highest BCUT2D eigenvalue weighted by atomic mass is 16.5. The van der Waals surface area contributed by atoms with Crippen LogP contribution in [0.2, 0.25) is 0 Å². The number of ketones is 3. The minimum Gasteiger partial charge on any atom is -0.461 e. The van der Waals surface area contributed by atoms with Crippen molar-refractivity contribution in [3.8, 4) is 0 Å². The molecule has 0 saturated carbocycles. The first-order valence-electron chi connectivity index (χ1n) is 15.9. The van der Waals surface area contributed by atoms with E-state index in [1.807, 2.05) is 42.5 Å². The molecule has 0 aliphatic carbocycles. The van der Waals surface area contributed by atoms with Crippen molar-refractivity contribution in [1.29, 1.82) is 0 Å². The molecule has 244 valence electrons. The fourth-order valence-electron chi connectivity index (χ4n) is 4.93. The average molecular weight is 621 g/mol. The third kappa shape index (κ3) is 14.9. The number of amides is 2. The molecule has 0 fully saturated rings. The Hall–Kier alpha value is -4.14. The van der Waals surface area contributed by atoms with E-state index in [1.165, 1.54) is 13.8 Å². The molecule has 0 unspecified atom stereocenters. The molecule has 2 rings (SSSR count). The number of hydrogen-bond acceptors (Lipinski definition) is 7. The van der Waals surface area contributed by atoms with Crippen LogP contribution in [-0.2, 0) is 53.0 Å². The van der Waals surface area contributed by atoms with Gasteiger partial charge in [-0.3, -0.25) is 24.0 Å². The molecule has 9 nitrogen and oxygen atoms in total. The lowest BCUT2D eigenvalue weighted by molar-refractivity contribution is -0.142. The maximum atomic E-state index is 13.7. The van der Waals surface area contributed by atoms with Gasteiger partial charge in [-0.1, -0.05) is 80.8 Å². The van der Waals surface area contributed by atoms with Gasteiger partial charge in [-0.05, 0) is 49.8 Å². The summed E-state index contributed by atoms with van der Waals surface area (Å²) in [6.07, 6.45) is 4.31. The normalized spacial score (nSPS) is 12.8. The molecule has 2 aromatic carbocycles. The summed E-state index contributed by atoms with van der Waals surface area (Å²) < 4.78 is 5.03. The zero-order valence-corrected chi connectivity index (χ0v) is 27.1. The molecule has 0 aliphatic heterocycles. The van der Waals surface area contributed by atoms with E-state index in [0.29, 0.717) is 25.7 Å². The van der Waals surface area contributed by atoms with Crippen LogP contribution in [0.3, 0.4) is 0 Å². The van der Waals surface area contributed by atoms with E-state index in [2.05, 4.69) is 17.6 Å². The van der Waals surface area contributed by atoms with Gasteiger partial charge in [0.05, 0.1) is 12.1 Å². The Morgan fingerprint density at radius 1 is 0.756 bits per heavy atom. The zero-order valence-electron chi connectivity index (χ0n) is 27.1. The Bertz CT molecular complexity index is 1270. The van der Waals surface area contributed by atoms with Crippen LogP contribution in [0.4, 0.5) is 0 Å². The third-order valence-electron chi connectivity index (χ3n) is 7.58. The summed E-state index contributed by atoms with van der Waals surface area (Å²) in [5.74, 6) is -2.20. The second-order valence-electron chi connectivity index (χ2n) is 11.7. The predicted molar refractivity (Wildman–Crippen MR) is 172 cm³/mol. The Kier molecular flexibility index (Phi) is 16.5. The first kappa shape index (κ1) is 37.0. The van der Waals surface area contributed by atoms with Crippen molar-refractivity contribution < 1.29 is 33.5 Å². The summed E-state index contributed by atoms with van der Waals surface area (Å²) in [5.41, 5.74) is 2.48. The molecular weight excluding hydrogens is 572 g/mol. The van der Waals surface area contributed by atoms with Gasteiger partial charge in [0.1, 0.15) is 12.4 Å². The van der Waals surface area contributed by atoms with E-state index < -0.39 is 18.0 Å². The Balaban J connectivity index is 2.14. The van der Waals surface area contributed by atoms with Gasteiger partial charge >= 0.3 is 5.97 Å². The minimum absolute atomic E-state index is 0.00216. The summed E-state index contributed by atoms with van der Waals surface area (Å²) in [6, 6.07) is 15.1. The van der Waals surface area contributed by atoms with Gasteiger partial charge in [0.2, 0.25) is 11.8 Å². The first-order chi connectivity index (χ1) is 21.5. The van der Waals surface area contributed by atoms with Gasteiger partial charge in [-0.15, -0.1) is 0 Å². The fourth-order valence-corrected chi connectivity index (χ4v) is 4.93. The molecule has 0 saturated heterocycles. The van der Waals surface area contributed by atoms with E-state index in [1.54, 1.807) is 19.1 Å². The third-order valence-corrected chi connectivity index (χ3v) is 7.58. The van der Waals surface area contributed by atoms with Crippen LogP contribution in [0.5, 0.6) is 0 Å². The van der Waals surface area contributed by atoms with Gasteiger partial charge in [-0.2, -0.15) is 0 Å². The van der Waals surface area contributed by atoms with E-state index in [0.717, 1.165) is 36.0 Å². The Labute approximate surface area is 266 Å². The van der Waals surface area contributed by atoms with Crippen molar-refractivity contribution in [3.63, 3.8) is 0 Å². The fraction of sp³-hybridized carbons (Fsp3) is 0.500. The molecule has 2 N–H and O–H groups in total. The predicted octanol–water partition coefficient (Wildman–Crippen LogP) is 5.01. The largest absolute Gasteiger partial charge is 0.461 e. The molecule has 0 aliphatic rings. The van der Waals surface area contributed by atoms with E-state index in [-0.39, 0.29) is 61.0 Å². The van der Waals surface area contributed by atoms with Crippen LogP contribution in [0.1, 0.15) is 95.8 Å². The number of esters is 1. The highest BCUT2D eigenvalue weighted by Gasteiger charge is 2.29. The molecule has 45 heavy (non-hydrogen) atoms. The van der Waals surface area contributed by atoms with Crippen LogP contribution in [-0.4, -0.2) is 47.2 Å². The number of carbonyl (C=O) groups excluding carboxylic acids is 6. The van der Waals surface area contributed by atoms with Crippen molar-refractivity contribution in [2.75, 3.05) is 0 Å². The summed E-state index contributed by atoms with van der Waals surface area (Å²) in [5, 5.41) is 5.66. The van der Waals surface area contributed by atoms with Crippen LogP contribution >= 0.6 is 0 Å². The van der Waals surface area contributed by atoms with Crippen LogP contribution < -0.4 is 10.6 Å². The smallest absolute Gasteiger partial charge is 0.302 e. The lowest BCUT2D eigenvalue weighted by Crippen LogP contribution is -2.46. The van der Waals surface area contributed by atoms with Gasteiger partial charge in [0.25, 0.3) is 0 Å². The average Bonchev–Trinajstić information content (AvgIpc) is 3.00. The minimum atomic E-state index is -0.799. The number of carbonyl (C=O) groups is 6. The molecule has 0 bridgehead atoms. The summed E-state index contributed by atoms with van der Waals surface area (Å²) >= 11 is 0. The molecule has 2 aromatic rings. The Morgan fingerprint density at radius 2 is 1.42 bits per heavy atom. The van der Waals surface area contributed by atoms with Crippen molar-refractivity contribution >= 4 is 35.1 Å². The molecule has 9 heteroatoms. The standard InChI is InChI=1S/C36H48N2O7/c1-5-6-8-15-32(34(42)22-29-17-19-30(20-18-29)24-45-27(4)40)38-36(44)31(21-28-13-9-7-10-14-28)23-33(41)26(3)37-35(43)16-11-12-25(2)39/h7,9-10,13-14,17-20,26,31-32H,5-6,8,11-12,15-16,21-24H2,1-4H3,(H,37,43)(H,38,44)/t26-,31-,32+/m1/s1. The van der Waals surface area contributed by atoms with Crippen LogP contribution in [0.15, 0.2) is 54.6 Å². The van der Waals surface area contributed by atoms with Gasteiger partial charge in [0.15, 0.2) is 11.6 Å². The van der Waals surface area contributed by atoms with E-state index >= 15 is 0 Å². The second kappa shape index (κ2) is 20.0.